The fourth-order valence-electron chi connectivity index (χ4n) is 2.34. The van der Waals surface area contributed by atoms with E-state index in [4.69, 9.17) is 0 Å². The van der Waals surface area contributed by atoms with Crippen molar-refractivity contribution in [2.75, 3.05) is 12.4 Å². The first-order valence-electron chi connectivity index (χ1n) is 6.44. The lowest BCUT2D eigenvalue weighted by Gasteiger charge is -2.28. The third kappa shape index (κ3) is 3.45. The molecule has 1 aromatic heterocycles. The molecule has 0 aliphatic heterocycles. The number of halogens is 1. The molecule has 2 atom stereocenters. The fraction of sp³-hybridized carbons (Fsp3) is 0.538. The standard InChI is InChI=1S/C13H18BrN3O2/c1-15-12-9(6-8(14)7-16-12)13(19)17-10-4-2-3-5-11(10)18/h6-7,10-11,18H,2-5H2,1H3,(H,15,16)(H,17,19). The summed E-state index contributed by atoms with van der Waals surface area (Å²) in [7, 11) is 1.72. The summed E-state index contributed by atoms with van der Waals surface area (Å²) < 4.78 is 0.751. The van der Waals surface area contributed by atoms with Gasteiger partial charge in [-0.3, -0.25) is 4.79 Å². The van der Waals surface area contributed by atoms with Gasteiger partial charge in [0.15, 0.2) is 0 Å². The number of amides is 1. The first-order chi connectivity index (χ1) is 9.11. The van der Waals surface area contributed by atoms with Crippen LogP contribution in [0.15, 0.2) is 16.7 Å². The zero-order chi connectivity index (χ0) is 13.8. The average Bonchev–Trinajstić information content (AvgIpc) is 2.41. The van der Waals surface area contributed by atoms with Crippen LogP contribution in [-0.2, 0) is 0 Å². The van der Waals surface area contributed by atoms with Gasteiger partial charge in [0.1, 0.15) is 5.82 Å². The molecule has 2 rings (SSSR count). The van der Waals surface area contributed by atoms with Crippen molar-refractivity contribution in [1.82, 2.24) is 10.3 Å². The molecule has 1 fully saturated rings. The average molecular weight is 328 g/mol. The molecule has 1 saturated carbocycles. The highest BCUT2D eigenvalue weighted by atomic mass is 79.9. The Hall–Kier alpha value is -1.14. The molecule has 5 nitrogen and oxygen atoms in total. The van der Waals surface area contributed by atoms with E-state index in [9.17, 15) is 9.90 Å². The molecule has 1 aliphatic carbocycles. The number of aliphatic hydroxyl groups is 1. The van der Waals surface area contributed by atoms with Crippen molar-refractivity contribution in [2.24, 2.45) is 0 Å². The van der Waals surface area contributed by atoms with Crippen LogP contribution in [0, 0.1) is 0 Å². The van der Waals surface area contributed by atoms with Gasteiger partial charge in [0.05, 0.1) is 17.7 Å². The van der Waals surface area contributed by atoms with Crippen LogP contribution >= 0.6 is 15.9 Å². The first-order valence-corrected chi connectivity index (χ1v) is 7.23. The summed E-state index contributed by atoms with van der Waals surface area (Å²) in [5, 5.41) is 15.7. The van der Waals surface area contributed by atoms with E-state index in [1.54, 1.807) is 19.3 Å². The number of pyridine rings is 1. The van der Waals surface area contributed by atoms with E-state index in [2.05, 4.69) is 31.5 Å². The zero-order valence-corrected chi connectivity index (χ0v) is 12.4. The normalized spacial score (nSPS) is 22.9. The molecule has 6 heteroatoms. The van der Waals surface area contributed by atoms with E-state index in [0.29, 0.717) is 11.4 Å². The number of carbonyl (C=O) groups is 1. The van der Waals surface area contributed by atoms with Crippen molar-refractivity contribution < 1.29 is 9.90 Å². The number of hydrogen-bond acceptors (Lipinski definition) is 4. The van der Waals surface area contributed by atoms with E-state index in [1.807, 2.05) is 0 Å². The number of aliphatic hydroxyl groups excluding tert-OH is 1. The predicted octanol–water partition coefficient (Wildman–Crippen LogP) is 1.92. The van der Waals surface area contributed by atoms with Gasteiger partial charge in [-0.15, -0.1) is 0 Å². The number of aromatic nitrogens is 1. The third-order valence-electron chi connectivity index (χ3n) is 3.38. The maximum atomic E-state index is 12.3. The Morgan fingerprint density at radius 3 is 2.89 bits per heavy atom. The lowest BCUT2D eigenvalue weighted by atomic mass is 9.92. The van der Waals surface area contributed by atoms with Crippen molar-refractivity contribution in [3.63, 3.8) is 0 Å². The van der Waals surface area contributed by atoms with E-state index < -0.39 is 6.10 Å². The Bertz CT molecular complexity index is 467. The fourth-order valence-corrected chi connectivity index (χ4v) is 2.67. The summed E-state index contributed by atoms with van der Waals surface area (Å²) >= 11 is 3.31. The van der Waals surface area contributed by atoms with Crippen molar-refractivity contribution >= 4 is 27.7 Å². The van der Waals surface area contributed by atoms with E-state index in [0.717, 1.165) is 30.2 Å². The lowest BCUT2D eigenvalue weighted by Crippen LogP contribution is -2.45. The highest BCUT2D eigenvalue weighted by Gasteiger charge is 2.25. The largest absolute Gasteiger partial charge is 0.391 e. The second kappa shape index (κ2) is 6.34. The summed E-state index contributed by atoms with van der Waals surface area (Å²) in [5.74, 6) is 0.329. The molecule has 1 heterocycles. The van der Waals surface area contributed by atoms with Gasteiger partial charge in [-0.25, -0.2) is 4.98 Å². The molecule has 2 unspecified atom stereocenters. The van der Waals surface area contributed by atoms with Crippen molar-refractivity contribution in [3.05, 3.63) is 22.3 Å². The van der Waals surface area contributed by atoms with Gasteiger partial charge in [-0.05, 0) is 34.8 Å². The van der Waals surface area contributed by atoms with Crippen LogP contribution in [0.4, 0.5) is 5.82 Å². The van der Waals surface area contributed by atoms with Gasteiger partial charge in [0.25, 0.3) is 5.91 Å². The smallest absolute Gasteiger partial charge is 0.255 e. The molecule has 0 spiro atoms. The van der Waals surface area contributed by atoms with Crippen molar-refractivity contribution in [1.29, 1.82) is 0 Å². The van der Waals surface area contributed by atoms with Crippen LogP contribution in [-0.4, -0.2) is 35.2 Å². The molecule has 1 amide bonds. The van der Waals surface area contributed by atoms with Crippen LogP contribution in [0.2, 0.25) is 0 Å². The molecule has 1 aliphatic rings. The SMILES string of the molecule is CNc1ncc(Br)cc1C(=O)NC1CCCCC1O. The van der Waals surface area contributed by atoms with Gasteiger partial charge in [-0.2, -0.15) is 0 Å². The van der Waals surface area contributed by atoms with Gasteiger partial charge in [0.2, 0.25) is 0 Å². The summed E-state index contributed by atoms with van der Waals surface area (Å²) in [6.45, 7) is 0. The summed E-state index contributed by atoms with van der Waals surface area (Å²) in [4.78, 5) is 16.4. The first kappa shape index (κ1) is 14.3. The summed E-state index contributed by atoms with van der Waals surface area (Å²) in [6.07, 6.45) is 4.82. The molecular weight excluding hydrogens is 310 g/mol. The number of nitrogens with zero attached hydrogens (tertiary/aromatic N) is 1. The molecule has 19 heavy (non-hydrogen) atoms. The minimum atomic E-state index is -0.448. The molecule has 0 bridgehead atoms. The molecular formula is C13H18BrN3O2. The minimum Gasteiger partial charge on any atom is -0.391 e. The van der Waals surface area contributed by atoms with Crippen LogP contribution in [0.25, 0.3) is 0 Å². The number of rotatable bonds is 3. The topological polar surface area (TPSA) is 74.2 Å². The van der Waals surface area contributed by atoms with E-state index in [-0.39, 0.29) is 11.9 Å². The monoisotopic (exact) mass is 327 g/mol. The quantitative estimate of drug-likeness (QED) is 0.793. The van der Waals surface area contributed by atoms with Crippen LogP contribution in [0.1, 0.15) is 36.0 Å². The zero-order valence-electron chi connectivity index (χ0n) is 10.8. The van der Waals surface area contributed by atoms with Crippen molar-refractivity contribution in [3.8, 4) is 0 Å². The van der Waals surface area contributed by atoms with E-state index in [1.165, 1.54) is 0 Å². The van der Waals surface area contributed by atoms with Gasteiger partial charge < -0.3 is 15.7 Å². The molecule has 104 valence electrons. The van der Waals surface area contributed by atoms with Gasteiger partial charge in [0, 0.05) is 17.7 Å². The maximum Gasteiger partial charge on any atom is 0.255 e. The van der Waals surface area contributed by atoms with Gasteiger partial charge in [-0.1, -0.05) is 12.8 Å². The Kier molecular flexibility index (Phi) is 4.76. The highest BCUT2D eigenvalue weighted by molar-refractivity contribution is 9.10. The Labute approximate surface area is 120 Å². The molecule has 1 aromatic rings. The second-order valence-corrected chi connectivity index (χ2v) is 5.65. The molecule has 3 N–H and O–H groups in total. The number of anilines is 1. The summed E-state index contributed by atoms with van der Waals surface area (Å²) in [5.41, 5.74) is 0.481. The molecule has 0 aromatic carbocycles. The lowest BCUT2D eigenvalue weighted by molar-refractivity contribution is 0.0717. The molecule has 0 radical (unpaired) electrons. The number of hydrogen-bond donors (Lipinski definition) is 3. The predicted molar refractivity (Wildman–Crippen MR) is 77.2 cm³/mol. The van der Waals surface area contributed by atoms with Crippen LogP contribution in [0.5, 0.6) is 0 Å². The third-order valence-corrected chi connectivity index (χ3v) is 3.82. The second-order valence-electron chi connectivity index (χ2n) is 4.73. The minimum absolute atomic E-state index is 0.162. The Morgan fingerprint density at radius 1 is 1.47 bits per heavy atom. The molecule has 0 saturated heterocycles. The Balaban J connectivity index is 2.13. The van der Waals surface area contributed by atoms with Crippen molar-refractivity contribution in [2.45, 2.75) is 37.8 Å². The number of nitrogens with one attached hydrogen (secondary N) is 2. The maximum absolute atomic E-state index is 12.3. The Morgan fingerprint density at radius 2 is 2.21 bits per heavy atom. The number of carbonyl (C=O) groups excluding carboxylic acids is 1. The summed E-state index contributed by atoms with van der Waals surface area (Å²) in [6, 6.07) is 1.56. The van der Waals surface area contributed by atoms with Gasteiger partial charge >= 0.3 is 0 Å². The van der Waals surface area contributed by atoms with Crippen LogP contribution in [0.3, 0.4) is 0 Å². The van der Waals surface area contributed by atoms with Crippen LogP contribution < -0.4 is 10.6 Å². The highest BCUT2D eigenvalue weighted by Crippen LogP contribution is 2.21. The van der Waals surface area contributed by atoms with E-state index >= 15 is 0 Å².